The van der Waals surface area contributed by atoms with E-state index in [9.17, 15) is 5.11 Å². The van der Waals surface area contributed by atoms with Gasteiger partial charge in [-0.2, -0.15) is 0 Å². The second-order valence-corrected chi connectivity index (χ2v) is 11.3. The van der Waals surface area contributed by atoms with Crippen LogP contribution in [-0.4, -0.2) is 30.0 Å². The number of ether oxygens (including phenoxy) is 2. The van der Waals surface area contributed by atoms with Gasteiger partial charge in [-0.05, 0) is 77.8 Å². The summed E-state index contributed by atoms with van der Waals surface area (Å²) in [5, 5.41) is 19.4. The molecule has 0 spiro atoms. The number of rotatable bonds is 6. The van der Waals surface area contributed by atoms with Crippen molar-refractivity contribution in [3.05, 3.63) is 75.5 Å². The molecule has 2 aliphatic rings. The Labute approximate surface area is 204 Å². The first-order valence-corrected chi connectivity index (χ1v) is 12.6. The lowest BCUT2D eigenvalue weighted by Gasteiger charge is -2.43. The van der Waals surface area contributed by atoms with Crippen LogP contribution in [0.4, 0.5) is 0 Å². The maximum absolute atomic E-state index is 10.4. The van der Waals surface area contributed by atoms with Crippen molar-refractivity contribution in [3.63, 3.8) is 0 Å². The molecule has 4 heteroatoms. The van der Waals surface area contributed by atoms with Gasteiger partial charge in [-0.25, -0.2) is 0 Å². The lowest BCUT2D eigenvalue weighted by Crippen LogP contribution is -2.36. The summed E-state index contributed by atoms with van der Waals surface area (Å²) >= 11 is 0. The van der Waals surface area contributed by atoms with Gasteiger partial charge >= 0.3 is 0 Å². The van der Waals surface area contributed by atoms with Crippen LogP contribution in [0, 0.1) is 6.92 Å². The molecule has 0 saturated carbocycles. The molecule has 184 valence electrons. The van der Waals surface area contributed by atoms with Gasteiger partial charge < -0.3 is 19.7 Å². The summed E-state index contributed by atoms with van der Waals surface area (Å²) in [6.07, 6.45) is 3.37. The maximum atomic E-state index is 10.4. The van der Waals surface area contributed by atoms with E-state index in [-0.39, 0.29) is 17.4 Å². The van der Waals surface area contributed by atoms with Crippen molar-refractivity contribution in [2.24, 2.45) is 0 Å². The number of aliphatic hydroxyl groups excluding tert-OH is 2. The molecule has 0 radical (unpaired) electrons. The predicted octanol–water partition coefficient (Wildman–Crippen LogP) is 6.65. The summed E-state index contributed by atoms with van der Waals surface area (Å²) in [5.74, 6) is -0.605. The minimum atomic E-state index is -0.925. The van der Waals surface area contributed by atoms with Crippen molar-refractivity contribution >= 4 is 5.57 Å². The van der Waals surface area contributed by atoms with E-state index in [1.807, 2.05) is 19.1 Å². The summed E-state index contributed by atoms with van der Waals surface area (Å²) < 4.78 is 12.8. The van der Waals surface area contributed by atoms with Crippen molar-refractivity contribution in [2.75, 3.05) is 19.8 Å². The maximum Gasteiger partial charge on any atom is 0.222 e. The summed E-state index contributed by atoms with van der Waals surface area (Å²) in [7, 11) is 0. The molecule has 1 fully saturated rings. The van der Waals surface area contributed by atoms with Gasteiger partial charge in [-0.15, -0.1) is 0 Å². The van der Waals surface area contributed by atoms with E-state index in [1.54, 1.807) is 0 Å². The fourth-order valence-electron chi connectivity index (χ4n) is 5.51. The van der Waals surface area contributed by atoms with Crippen LogP contribution in [0.1, 0.15) is 93.7 Å². The van der Waals surface area contributed by atoms with E-state index in [1.165, 1.54) is 23.1 Å². The van der Waals surface area contributed by atoms with E-state index < -0.39 is 5.79 Å². The van der Waals surface area contributed by atoms with Crippen molar-refractivity contribution in [3.8, 4) is 0 Å². The van der Waals surface area contributed by atoms with E-state index in [0.29, 0.717) is 31.8 Å². The van der Waals surface area contributed by atoms with Gasteiger partial charge in [0.15, 0.2) is 0 Å². The molecular weight excluding hydrogens is 424 g/mol. The molecule has 0 amide bonds. The zero-order valence-electron chi connectivity index (χ0n) is 21.6. The molecule has 0 bridgehead atoms. The lowest BCUT2D eigenvalue weighted by molar-refractivity contribution is -0.130. The Hall–Kier alpha value is -2.14. The fourth-order valence-corrected chi connectivity index (χ4v) is 5.51. The van der Waals surface area contributed by atoms with Crippen LogP contribution < -0.4 is 0 Å². The van der Waals surface area contributed by atoms with Gasteiger partial charge in [-0.1, -0.05) is 58.0 Å². The highest BCUT2D eigenvalue weighted by Crippen LogP contribution is 2.49. The third-order valence-electron chi connectivity index (χ3n) is 7.95. The number of aliphatic hydroxyl groups is 2. The standard InChI is InChI=1S/C30H40O4/c1-20-18-25-26(29(5,6)14-13-28(25,3)4)19-24(20)30(33-16-17-34-30)23-11-9-22(10-12-23)21(2)27(32)8-7-15-31/h9-12,18-19,31-32H,7-8,13-17H2,1-6H3/b27-21-. The van der Waals surface area contributed by atoms with E-state index in [4.69, 9.17) is 14.6 Å². The minimum Gasteiger partial charge on any atom is -0.512 e. The van der Waals surface area contributed by atoms with Gasteiger partial charge in [0.2, 0.25) is 5.79 Å². The quantitative estimate of drug-likeness (QED) is 0.470. The largest absolute Gasteiger partial charge is 0.512 e. The number of benzene rings is 2. The van der Waals surface area contributed by atoms with Gasteiger partial charge in [0.1, 0.15) is 0 Å². The van der Waals surface area contributed by atoms with Crippen LogP contribution in [0.3, 0.4) is 0 Å². The number of allylic oxidation sites excluding steroid dienone is 2. The molecule has 4 nitrogen and oxygen atoms in total. The third kappa shape index (κ3) is 4.32. The van der Waals surface area contributed by atoms with E-state index in [2.05, 4.69) is 58.9 Å². The first-order chi connectivity index (χ1) is 16.0. The fraction of sp³-hybridized carbons (Fsp3) is 0.533. The van der Waals surface area contributed by atoms with Gasteiger partial charge in [0, 0.05) is 24.2 Å². The first kappa shape index (κ1) is 25.0. The van der Waals surface area contributed by atoms with Crippen molar-refractivity contribution in [1.29, 1.82) is 0 Å². The van der Waals surface area contributed by atoms with Gasteiger partial charge in [0.05, 0.1) is 19.0 Å². The van der Waals surface area contributed by atoms with Crippen molar-refractivity contribution < 1.29 is 19.7 Å². The zero-order chi connectivity index (χ0) is 24.7. The number of fused-ring (bicyclic) bond motifs is 1. The van der Waals surface area contributed by atoms with Crippen LogP contribution in [0.5, 0.6) is 0 Å². The zero-order valence-corrected chi connectivity index (χ0v) is 21.6. The van der Waals surface area contributed by atoms with E-state index >= 15 is 0 Å². The summed E-state index contributed by atoms with van der Waals surface area (Å²) in [6, 6.07) is 12.9. The lowest BCUT2D eigenvalue weighted by atomic mass is 9.62. The van der Waals surface area contributed by atoms with Gasteiger partial charge in [0.25, 0.3) is 0 Å². The monoisotopic (exact) mass is 464 g/mol. The Balaban J connectivity index is 1.79. The second kappa shape index (κ2) is 9.14. The highest BCUT2D eigenvalue weighted by atomic mass is 16.7. The van der Waals surface area contributed by atoms with Crippen molar-refractivity contribution in [2.45, 2.75) is 83.8 Å². The van der Waals surface area contributed by atoms with Crippen LogP contribution in [-0.2, 0) is 26.1 Å². The smallest absolute Gasteiger partial charge is 0.222 e. The highest BCUT2D eigenvalue weighted by Gasteiger charge is 2.44. The molecule has 34 heavy (non-hydrogen) atoms. The second-order valence-electron chi connectivity index (χ2n) is 11.3. The minimum absolute atomic E-state index is 0.0710. The SMILES string of the molecule is C/C(=C(/O)CCCO)c1ccc(C2(c3cc4c(cc3C)C(C)(C)CCC4(C)C)OCCO2)cc1. The molecule has 1 saturated heterocycles. The molecule has 2 aromatic rings. The summed E-state index contributed by atoms with van der Waals surface area (Å²) in [5.41, 5.74) is 8.11. The molecule has 0 aromatic heterocycles. The normalized spacial score (nSPS) is 21.1. The molecule has 4 rings (SSSR count). The number of hydrogen-bond acceptors (Lipinski definition) is 4. The average Bonchev–Trinajstić information content (AvgIpc) is 3.31. The van der Waals surface area contributed by atoms with Crippen LogP contribution in [0.15, 0.2) is 42.2 Å². The molecule has 2 N–H and O–H groups in total. The summed E-state index contributed by atoms with van der Waals surface area (Å²) in [6.45, 7) is 14.6. The molecule has 1 aliphatic carbocycles. The van der Waals surface area contributed by atoms with E-state index in [0.717, 1.165) is 28.7 Å². The van der Waals surface area contributed by atoms with Crippen LogP contribution >= 0.6 is 0 Å². The number of aryl methyl sites for hydroxylation is 1. The predicted molar refractivity (Wildman–Crippen MR) is 137 cm³/mol. The Bertz CT molecular complexity index is 1070. The topological polar surface area (TPSA) is 58.9 Å². The van der Waals surface area contributed by atoms with Gasteiger partial charge in [-0.3, -0.25) is 0 Å². The molecule has 0 atom stereocenters. The molecular formula is C30H40O4. The third-order valence-corrected chi connectivity index (χ3v) is 7.95. The van der Waals surface area contributed by atoms with Crippen molar-refractivity contribution in [1.82, 2.24) is 0 Å². The summed E-state index contributed by atoms with van der Waals surface area (Å²) in [4.78, 5) is 0. The molecule has 0 unspecified atom stereocenters. The highest BCUT2D eigenvalue weighted by molar-refractivity contribution is 5.66. The average molecular weight is 465 g/mol. The number of hydrogen-bond donors (Lipinski definition) is 2. The molecule has 2 aromatic carbocycles. The van der Waals surface area contributed by atoms with Crippen LogP contribution in [0.25, 0.3) is 5.57 Å². The Morgan fingerprint density at radius 2 is 1.44 bits per heavy atom. The first-order valence-electron chi connectivity index (χ1n) is 12.6. The molecule has 1 aliphatic heterocycles. The van der Waals surface area contributed by atoms with Crippen LogP contribution in [0.2, 0.25) is 0 Å². The Morgan fingerprint density at radius 1 is 0.882 bits per heavy atom. The Morgan fingerprint density at radius 3 is 2.00 bits per heavy atom. The molecule has 1 heterocycles. The Kier molecular flexibility index (Phi) is 6.71.